The fourth-order valence-corrected chi connectivity index (χ4v) is 3.25. The molecule has 2 rings (SSSR count). The van der Waals surface area contributed by atoms with Gasteiger partial charge in [0.25, 0.3) is 0 Å². The molecule has 4 heteroatoms. The van der Waals surface area contributed by atoms with Crippen molar-refractivity contribution in [2.75, 3.05) is 7.11 Å². The first-order valence-corrected chi connectivity index (χ1v) is 5.87. The molecule has 0 unspecified atom stereocenters. The number of carbonyl (C=O) groups excluding carboxylic acids is 1. The highest BCUT2D eigenvalue weighted by Gasteiger charge is 2.09. The zero-order valence-corrected chi connectivity index (χ0v) is 10.4. The molecule has 0 bridgehead atoms. The summed E-state index contributed by atoms with van der Waals surface area (Å²) in [5.74, 6) is 0.825. The largest absolute Gasteiger partial charge is 0.497 e. The summed E-state index contributed by atoms with van der Waals surface area (Å²) in [6.07, 6.45) is 0.902. The molecular weight excluding hydrogens is 311 g/mol. The van der Waals surface area contributed by atoms with Crippen molar-refractivity contribution in [3.8, 4) is 5.75 Å². The van der Waals surface area contributed by atoms with Crippen LogP contribution in [0.15, 0.2) is 18.2 Å². The van der Waals surface area contributed by atoms with E-state index in [2.05, 4.69) is 22.6 Å². The molecule has 1 aromatic carbocycles. The van der Waals surface area contributed by atoms with Crippen molar-refractivity contribution in [1.82, 2.24) is 0 Å². The quantitative estimate of drug-likeness (QED) is 0.627. The molecule has 2 aromatic rings. The van der Waals surface area contributed by atoms with Crippen LogP contribution in [0.4, 0.5) is 0 Å². The minimum atomic E-state index is 0.786. The third-order valence-corrected chi connectivity index (χ3v) is 4.59. The fraction of sp³-hybridized carbons (Fsp3) is 0.100. The van der Waals surface area contributed by atoms with E-state index in [1.807, 2.05) is 18.2 Å². The molecule has 0 spiro atoms. The fourth-order valence-electron chi connectivity index (χ4n) is 1.27. The minimum Gasteiger partial charge on any atom is -0.497 e. The average Bonchev–Trinajstić information content (AvgIpc) is 2.55. The van der Waals surface area contributed by atoms with Gasteiger partial charge in [0.2, 0.25) is 0 Å². The normalized spacial score (nSPS) is 10.4. The molecule has 0 aliphatic carbocycles. The van der Waals surface area contributed by atoms with Gasteiger partial charge in [-0.3, -0.25) is 4.79 Å². The van der Waals surface area contributed by atoms with Crippen LogP contribution in [-0.2, 0) is 0 Å². The Kier molecular flexibility index (Phi) is 2.73. The molecule has 0 saturated carbocycles. The number of carbonyl (C=O) groups is 1. The Morgan fingerprint density at radius 2 is 2.29 bits per heavy atom. The Morgan fingerprint density at radius 3 is 2.93 bits per heavy atom. The second-order valence-corrected chi connectivity index (χ2v) is 4.92. The van der Waals surface area contributed by atoms with Crippen molar-refractivity contribution >= 4 is 50.3 Å². The van der Waals surface area contributed by atoms with Gasteiger partial charge >= 0.3 is 0 Å². The van der Waals surface area contributed by atoms with Crippen molar-refractivity contribution in [2.24, 2.45) is 0 Å². The maximum Gasteiger partial charge on any atom is 0.161 e. The van der Waals surface area contributed by atoms with E-state index in [-0.39, 0.29) is 0 Å². The summed E-state index contributed by atoms with van der Waals surface area (Å²) >= 11 is 3.70. The first-order chi connectivity index (χ1) is 6.76. The maximum atomic E-state index is 10.7. The Labute approximate surface area is 99.0 Å². The van der Waals surface area contributed by atoms with Gasteiger partial charge in [-0.05, 0) is 40.8 Å². The van der Waals surface area contributed by atoms with Crippen molar-refractivity contribution in [2.45, 2.75) is 0 Å². The van der Waals surface area contributed by atoms with Crippen molar-refractivity contribution in [1.29, 1.82) is 0 Å². The van der Waals surface area contributed by atoms with Gasteiger partial charge < -0.3 is 4.74 Å². The molecule has 0 aliphatic rings. The van der Waals surface area contributed by atoms with Crippen molar-refractivity contribution in [3.05, 3.63) is 26.6 Å². The highest BCUT2D eigenvalue weighted by atomic mass is 127. The van der Waals surface area contributed by atoms with Crippen LogP contribution in [0.3, 0.4) is 0 Å². The summed E-state index contributed by atoms with van der Waals surface area (Å²) in [6.45, 7) is 0. The van der Waals surface area contributed by atoms with Gasteiger partial charge in [0.05, 0.1) is 12.0 Å². The van der Waals surface area contributed by atoms with E-state index in [1.54, 1.807) is 7.11 Å². The third kappa shape index (κ3) is 1.52. The maximum absolute atomic E-state index is 10.7. The van der Waals surface area contributed by atoms with Crippen LogP contribution in [0.1, 0.15) is 9.67 Å². The molecule has 1 heterocycles. The SMILES string of the molecule is COc1ccc2sc(C=O)c(I)c2c1. The highest BCUT2D eigenvalue weighted by molar-refractivity contribution is 14.1. The summed E-state index contributed by atoms with van der Waals surface area (Å²) in [5, 5.41) is 1.09. The molecule has 0 saturated heterocycles. The molecule has 14 heavy (non-hydrogen) atoms. The number of benzene rings is 1. The predicted molar refractivity (Wildman–Crippen MR) is 66.5 cm³/mol. The summed E-state index contributed by atoms with van der Waals surface area (Å²) < 4.78 is 7.27. The van der Waals surface area contributed by atoms with Crippen LogP contribution in [-0.4, -0.2) is 13.4 Å². The number of halogens is 1. The monoisotopic (exact) mass is 318 g/mol. The molecule has 2 nitrogen and oxygen atoms in total. The van der Waals surface area contributed by atoms with Gasteiger partial charge in [-0.25, -0.2) is 0 Å². The molecule has 0 N–H and O–H groups in total. The smallest absolute Gasteiger partial charge is 0.161 e. The van der Waals surface area contributed by atoms with Gasteiger partial charge in [0.1, 0.15) is 5.75 Å². The molecule has 0 aliphatic heterocycles. The van der Waals surface area contributed by atoms with E-state index in [9.17, 15) is 4.79 Å². The number of methoxy groups -OCH3 is 1. The molecular formula is C10H7IO2S. The van der Waals surface area contributed by atoms with Crippen LogP contribution in [0.2, 0.25) is 0 Å². The summed E-state index contributed by atoms with van der Waals surface area (Å²) in [7, 11) is 1.64. The first kappa shape index (κ1) is 9.92. The zero-order chi connectivity index (χ0) is 10.1. The number of thiophene rings is 1. The molecule has 72 valence electrons. The van der Waals surface area contributed by atoms with Crippen LogP contribution < -0.4 is 4.74 Å². The standard InChI is InChI=1S/C10H7IO2S/c1-13-6-2-3-8-7(4-6)10(11)9(5-12)14-8/h2-5H,1H3. The summed E-state index contributed by atoms with van der Waals surface area (Å²) in [6, 6.07) is 5.85. The van der Waals surface area contributed by atoms with Gasteiger partial charge in [-0.15, -0.1) is 11.3 Å². The number of aldehydes is 1. The molecule has 0 atom stereocenters. The van der Waals surface area contributed by atoms with E-state index in [0.717, 1.165) is 30.6 Å². The predicted octanol–water partition coefficient (Wildman–Crippen LogP) is 3.33. The lowest BCUT2D eigenvalue weighted by Crippen LogP contribution is -1.81. The van der Waals surface area contributed by atoms with Gasteiger partial charge in [-0.2, -0.15) is 0 Å². The lowest BCUT2D eigenvalue weighted by Gasteiger charge is -1.98. The minimum absolute atomic E-state index is 0.786. The number of hydrogen-bond acceptors (Lipinski definition) is 3. The van der Waals surface area contributed by atoms with E-state index < -0.39 is 0 Å². The lowest BCUT2D eigenvalue weighted by molar-refractivity contribution is 0.112. The van der Waals surface area contributed by atoms with E-state index in [4.69, 9.17) is 4.74 Å². The van der Waals surface area contributed by atoms with Crippen LogP contribution in [0, 0.1) is 3.57 Å². The topological polar surface area (TPSA) is 26.3 Å². The highest BCUT2D eigenvalue weighted by Crippen LogP contribution is 2.33. The summed E-state index contributed by atoms with van der Waals surface area (Å²) in [4.78, 5) is 11.5. The van der Waals surface area contributed by atoms with Gasteiger partial charge in [0.15, 0.2) is 6.29 Å². The summed E-state index contributed by atoms with van der Waals surface area (Å²) in [5.41, 5.74) is 0. The van der Waals surface area contributed by atoms with E-state index in [1.165, 1.54) is 11.3 Å². The zero-order valence-electron chi connectivity index (χ0n) is 7.41. The average molecular weight is 318 g/mol. The number of ether oxygens (including phenoxy) is 1. The molecule has 0 amide bonds. The Hall–Kier alpha value is -0.620. The second-order valence-electron chi connectivity index (χ2n) is 2.76. The van der Waals surface area contributed by atoms with Crippen molar-refractivity contribution < 1.29 is 9.53 Å². The Morgan fingerprint density at radius 1 is 1.50 bits per heavy atom. The first-order valence-electron chi connectivity index (χ1n) is 3.97. The van der Waals surface area contributed by atoms with Crippen LogP contribution in [0.25, 0.3) is 10.1 Å². The Balaban J connectivity index is 2.74. The third-order valence-electron chi connectivity index (χ3n) is 1.97. The van der Waals surface area contributed by atoms with Gasteiger partial charge in [-0.1, -0.05) is 0 Å². The number of rotatable bonds is 2. The number of fused-ring (bicyclic) bond motifs is 1. The molecule has 1 aromatic heterocycles. The van der Waals surface area contributed by atoms with Crippen LogP contribution in [0.5, 0.6) is 5.75 Å². The number of hydrogen-bond donors (Lipinski definition) is 0. The van der Waals surface area contributed by atoms with E-state index in [0.29, 0.717) is 0 Å². The second kappa shape index (κ2) is 3.86. The van der Waals surface area contributed by atoms with Crippen LogP contribution >= 0.6 is 33.9 Å². The van der Waals surface area contributed by atoms with E-state index >= 15 is 0 Å². The molecule has 0 fully saturated rings. The van der Waals surface area contributed by atoms with Gasteiger partial charge in [0, 0.05) is 13.7 Å². The lowest BCUT2D eigenvalue weighted by atomic mass is 10.2. The molecule has 0 radical (unpaired) electrons. The Bertz CT molecular complexity index is 490. The van der Waals surface area contributed by atoms with Crippen molar-refractivity contribution in [3.63, 3.8) is 0 Å².